The van der Waals surface area contributed by atoms with Crippen molar-refractivity contribution in [3.05, 3.63) is 119 Å². The summed E-state index contributed by atoms with van der Waals surface area (Å²) in [4.78, 5) is 28.5. The second-order valence-corrected chi connectivity index (χ2v) is 11.0. The first-order valence-electron chi connectivity index (χ1n) is 13.8. The molecule has 1 fully saturated rings. The minimum absolute atomic E-state index is 0.0934. The number of benzene rings is 4. The van der Waals surface area contributed by atoms with Crippen LogP contribution in [0.4, 0.5) is 5.69 Å². The molecule has 0 radical (unpaired) electrons. The van der Waals surface area contributed by atoms with Crippen LogP contribution in [0.15, 0.2) is 103 Å². The van der Waals surface area contributed by atoms with Gasteiger partial charge in [0.05, 0.1) is 23.9 Å². The van der Waals surface area contributed by atoms with Crippen molar-refractivity contribution >= 4 is 23.1 Å². The van der Waals surface area contributed by atoms with Crippen LogP contribution in [0.5, 0.6) is 23.0 Å². The van der Waals surface area contributed by atoms with E-state index in [0.29, 0.717) is 35.0 Å². The second kappa shape index (κ2) is 11.4. The van der Waals surface area contributed by atoms with Gasteiger partial charge in [0, 0.05) is 11.1 Å². The minimum Gasteiger partial charge on any atom is -0.507 e. The lowest BCUT2D eigenvalue weighted by atomic mass is 9.84. The molecule has 2 N–H and O–H groups in total. The van der Waals surface area contributed by atoms with E-state index < -0.39 is 17.7 Å². The van der Waals surface area contributed by atoms with Gasteiger partial charge in [-0.2, -0.15) is 0 Å². The van der Waals surface area contributed by atoms with Gasteiger partial charge in [-0.15, -0.1) is 0 Å². The number of aromatic hydroxyl groups is 1. The lowest BCUT2D eigenvalue weighted by molar-refractivity contribution is -0.132. The molecule has 4 aromatic carbocycles. The molecule has 1 aliphatic heterocycles. The van der Waals surface area contributed by atoms with E-state index in [1.165, 1.54) is 11.0 Å². The first kappa shape index (κ1) is 28.5. The monoisotopic (exact) mass is 563 g/mol. The molecule has 1 unspecified atom stereocenters. The molecule has 5 rings (SSSR count). The van der Waals surface area contributed by atoms with Crippen LogP contribution in [-0.4, -0.2) is 28.5 Å². The second-order valence-electron chi connectivity index (χ2n) is 11.0. The molecule has 7 nitrogen and oxygen atoms in total. The Bertz CT molecular complexity index is 1670. The Morgan fingerprint density at radius 3 is 2.24 bits per heavy atom. The molecule has 214 valence electrons. The van der Waals surface area contributed by atoms with Gasteiger partial charge in [0.2, 0.25) is 0 Å². The first-order chi connectivity index (χ1) is 20.1. The van der Waals surface area contributed by atoms with Crippen LogP contribution in [0.2, 0.25) is 0 Å². The number of ether oxygens (including phenoxy) is 2. The number of rotatable bonds is 7. The molecule has 1 atom stereocenters. The summed E-state index contributed by atoms with van der Waals surface area (Å²) in [7, 11) is 0. The van der Waals surface area contributed by atoms with Crippen LogP contribution in [-0.2, 0) is 15.0 Å². The van der Waals surface area contributed by atoms with E-state index in [1.807, 2.05) is 58.0 Å². The largest absolute Gasteiger partial charge is 0.507 e. The highest BCUT2D eigenvalue weighted by molar-refractivity contribution is 6.52. The highest BCUT2D eigenvalue weighted by atomic mass is 16.5. The number of hydrogen-bond acceptors (Lipinski definition) is 6. The molecule has 1 amide bonds. The minimum atomic E-state index is -1.04. The van der Waals surface area contributed by atoms with Crippen molar-refractivity contribution in [1.82, 2.24) is 0 Å². The summed E-state index contributed by atoms with van der Waals surface area (Å²) < 4.78 is 11.9. The maximum atomic E-state index is 13.7. The number of aliphatic hydroxyl groups excluding tert-OH is 1. The molecule has 0 spiro atoms. The number of hydrogen-bond donors (Lipinski definition) is 2. The Kier molecular flexibility index (Phi) is 7.77. The zero-order valence-corrected chi connectivity index (χ0v) is 24.0. The quantitative estimate of drug-likeness (QED) is 0.137. The number of aliphatic hydroxyl groups is 1. The molecular weight excluding hydrogens is 530 g/mol. The van der Waals surface area contributed by atoms with Crippen molar-refractivity contribution in [1.29, 1.82) is 0 Å². The molecule has 0 saturated carbocycles. The van der Waals surface area contributed by atoms with E-state index in [9.17, 15) is 19.8 Å². The van der Waals surface area contributed by atoms with Crippen LogP contribution < -0.4 is 14.4 Å². The maximum Gasteiger partial charge on any atom is 0.300 e. The Hall–Kier alpha value is -5.04. The third-order valence-electron chi connectivity index (χ3n) is 7.10. The number of nitrogens with zero attached hydrogens (tertiary/aromatic N) is 1. The SMILES string of the molecule is CCOc1ccc(/C(O)=C2\C(=O)C(=O)N(c3ccccc3O)C2c2cccc(Oc3ccccc3)c2)cc1C(C)(C)C. The van der Waals surface area contributed by atoms with Crippen LogP contribution in [0.3, 0.4) is 0 Å². The smallest absolute Gasteiger partial charge is 0.300 e. The van der Waals surface area contributed by atoms with Gasteiger partial charge >= 0.3 is 0 Å². The van der Waals surface area contributed by atoms with Gasteiger partial charge in [-0.1, -0.05) is 63.2 Å². The van der Waals surface area contributed by atoms with Crippen molar-refractivity contribution < 1.29 is 29.3 Å². The highest BCUT2D eigenvalue weighted by Crippen LogP contribution is 2.46. The molecule has 0 aromatic heterocycles. The summed E-state index contributed by atoms with van der Waals surface area (Å²) >= 11 is 0. The topological polar surface area (TPSA) is 96.3 Å². The van der Waals surface area contributed by atoms with Gasteiger partial charge in [0.25, 0.3) is 11.7 Å². The zero-order valence-electron chi connectivity index (χ0n) is 24.0. The van der Waals surface area contributed by atoms with Crippen LogP contribution >= 0.6 is 0 Å². The Morgan fingerprint density at radius 2 is 1.55 bits per heavy atom. The molecular formula is C35H33NO6. The van der Waals surface area contributed by atoms with Gasteiger partial charge < -0.3 is 19.7 Å². The number of carbonyl (C=O) groups excluding carboxylic acids is 2. The fourth-order valence-electron chi connectivity index (χ4n) is 5.14. The zero-order chi connectivity index (χ0) is 30.0. The van der Waals surface area contributed by atoms with Gasteiger partial charge in [0.1, 0.15) is 28.8 Å². The van der Waals surface area contributed by atoms with Crippen molar-refractivity contribution in [2.45, 2.75) is 39.2 Å². The number of amides is 1. The van der Waals surface area contributed by atoms with E-state index in [4.69, 9.17) is 9.47 Å². The summed E-state index contributed by atoms with van der Waals surface area (Å²) in [5.74, 6) is -0.429. The number of carbonyl (C=O) groups is 2. The number of phenolic OH excluding ortho intramolecular Hbond substituents is 1. The first-order valence-corrected chi connectivity index (χ1v) is 13.8. The van der Waals surface area contributed by atoms with E-state index in [2.05, 4.69) is 0 Å². The number of para-hydroxylation sites is 3. The van der Waals surface area contributed by atoms with Crippen molar-refractivity contribution in [2.24, 2.45) is 0 Å². The van der Waals surface area contributed by atoms with Crippen LogP contribution in [0, 0.1) is 0 Å². The maximum absolute atomic E-state index is 13.7. The molecule has 1 aliphatic rings. The predicted molar refractivity (Wildman–Crippen MR) is 162 cm³/mol. The van der Waals surface area contributed by atoms with E-state index in [-0.39, 0.29) is 28.2 Å². The fourth-order valence-corrected chi connectivity index (χ4v) is 5.14. The van der Waals surface area contributed by atoms with E-state index >= 15 is 0 Å². The number of Topliss-reactive ketones (excluding diaryl/α,β-unsaturated/α-hetero) is 1. The van der Waals surface area contributed by atoms with Gasteiger partial charge in [-0.3, -0.25) is 14.5 Å². The van der Waals surface area contributed by atoms with E-state index in [0.717, 1.165) is 5.56 Å². The molecule has 42 heavy (non-hydrogen) atoms. The van der Waals surface area contributed by atoms with Crippen LogP contribution in [0.1, 0.15) is 50.4 Å². The Morgan fingerprint density at radius 1 is 0.857 bits per heavy atom. The van der Waals surface area contributed by atoms with Gasteiger partial charge in [0.15, 0.2) is 0 Å². The number of ketones is 1. The summed E-state index contributed by atoms with van der Waals surface area (Å²) in [5.41, 5.74) is 1.47. The van der Waals surface area contributed by atoms with Crippen molar-refractivity contribution in [2.75, 3.05) is 11.5 Å². The molecule has 0 aliphatic carbocycles. The molecule has 0 bridgehead atoms. The van der Waals surface area contributed by atoms with Crippen molar-refractivity contribution in [3.8, 4) is 23.0 Å². The number of phenols is 1. The Balaban J connectivity index is 1.70. The summed E-state index contributed by atoms with van der Waals surface area (Å²) in [6.45, 7) is 8.47. The Labute approximate surface area is 245 Å². The van der Waals surface area contributed by atoms with E-state index in [1.54, 1.807) is 60.7 Å². The fraction of sp³-hybridized carbons (Fsp3) is 0.200. The van der Waals surface area contributed by atoms with Gasteiger partial charge in [-0.05, 0) is 72.5 Å². The highest BCUT2D eigenvalue weighted by Gasteiger charge is 2.48. The standard InChI is InChI=1S/C35H33NO6/c1-5-41-29-19-18-23(21-26(29)35(2,3)4)32(38)30-31(36(34(40)33(30)39)27-16-9-10-17-28(27)37)22-12-11-15-25(20-22)42-24-13-7-6-8-14-24/h6-21,31,37-38H,5H2,1-4H3/b32-30+. The summed E-state index contributed by atoms with van der Waals surface area (Å²) in [6, 6.07) is 26.7. The van der Waals surface area contributed by atoms with Crippen LogP contribution in [0.25, 0.3) is 5.76 Å². The third kappa shape index (κ3) is 5.46. The molecule has 7 heteroatoms. The normalized spacial score (nSPS) is 16.5. The van der Waals surface area contributed by atoms with Gasteiger partial charge in [-0.25, -0.2) is 0 Å². The average molecular weight is 564 g/mol. The summed E-state index contributed by atoms with van der Waals surface area (Å²) in [6.07, 6.45) is 0. The molecule has 1 saturated heterocycles. The lowest BCUT2D eigenvalue weighted by Gasteiger charge is -2.26. The molecule has 1 heterocycles. The third-order valence-corrected chi connectivity index (χ3v) is 7.10. The number of anilines is 1. The molecule has 4 aromatic rings. The lowest BCUT2D eigenvalue weighted by Crippen LogP contribution is -2.29. The summed E-state index contributed by atoms with van der Waals surface area (Å²) in [5, 5.41) is 22.5. The predicted octanol–water partition coefficient (Wildman–Crippen LogP) is 7.51. The van der Waals surface area contributed by atoms with Crippen molar-refractivity contribution in [3.63, 3.8) is 0 Å². The average Bonchev–Trinajstić information content (AvgIpc) is 3.23.